The van der Waals surface area contributed by atoms with E-state index in [2.05, 4.69) is 37.8 Å². The summed E-state index contributed by atoms with van der Waals surface area (Å²) in [6.45, 7) is 1.99. The molecule has 4 N–H and O–H groups in total. The molecule has 5 rings (SSSR count). The molecule has 7 heteroatoms. The second kappa shape index (κ2) is 8.04. The van der Waals surface area contributed by atoms with E-state index in [0.717, 1.165) is 50.2 Å². The van der Waals surface area contributed by atoms with Gasteiger partial charge >= 0.3 is 0 Å². The summed E-state index contributed by atoms with van der Waals surface area (Å²) < 4.78 is 0. The van der Waals surface area contributed by atoms with E-state index in [1.807, 2.05) is 55.6 Å². The number of anilines is 1. The van der Waals surface area contributed by atoms with Gasteiger partial charge in [-0.3, -0.25) is 15.2 Å². The van der Waals surface area contributed by atoms with Crippen LogP contribution < -0.4 is 5.32 Å². The Balaban J connectivity index is 1.59. The molecule has 3 heterocycles. The summed E-state index contributed by atoms with van der Waals surface area (Å²) in [5.74, 6) is 0. The van der Waals surface area contributed by atoms with Crippen molar-refractivity contribution < 1.29 is 5.11 Å². The number of pyridine rings is 1. The second-order valence-electron chi connectivity index (χ2n) is 7.48. The molecule has 31 heavy (non-hydrogen) atoms. The molecule has 0 fully saturated rings. The fraction of sp³-hybridized carbons (Fsp3) is 0.125. The Morgan fingerprint density at radius 2 is 1.90 bits per heavy atom. The Labute approximate surface area is 179 Å². The molecule has 7 nitrogen and oxygen atoms in total. The summed E-state index contributed by atoms with van der Waals surface area (Å²) in [5.41, 5.74) is 7.54. The number of aliphatic hydroxyl groups is 1. The lowest BCUT2D eigenvalue weighted by Crippen LogP contribution is -2.15. The van der Waals surface area contributed by atoms with Gasteiger partial charge in [0.25, 0.3) is 0 Å². The van der Waals surface area contributed by atoms with Gasteiger partial charge in [0.05, 0.1) is 41.9 Å². The van der Waals surface area contributed by atoms with E-state index in [1.54, 1.807) is 12.4 Å². The number of aromatic nitrogens is 5. The van der Waals surface area contributed by atoms with E-state index in [-0.39, 0.29) is 12.6 Å². The third-order valence-corrected chi connectivity index (χ3v) is 5.44. The Bertz CT molecular complexity index is 1310. The Kier molecular flexibility index (Phi) is 4.93. The van der Waals surface area contributed by atoms with E-state index in [0.29, 0.717) is 0 Å². The van der Waals surface area contributed by atoms with Crippen molar-refractivity contribution >= 4 is 16.6 Å². The lowest BCUT2D eigenvalue weighted by Gasteiger charge is -2.19. The number of aryl methyl sites for hydroxylation is 1. The first-order chi connectivity index (χ1) is 15.2. The minimum absolute atomic E-state index is 0.0248. The molecule has 0 saturated heterocycles. The molecule has 0 aliphatic carbocycles. The highest BCUT2D eigenvalue weighted by atomic mass is 16.3. The summed E-state index contributed by atoms with van der Waals surface area (Å²) in [5, 5.41) is 28.8. The summed E-state index contributed by atoms with van der Waals surface area (Å²) >= 11 is 0. The van der Waals surface area contributed by atoms with E-state index in [4.69, 9.17) is 4.98 Å². The topological polar surface area (TPSA) is 103 Å². The summed E-state index contributed by atoms with van der Waals surface area (Å²) in [4.78, 5) is 4.74. The fourth-order valence-corrected chi connectivity index (χ4v) is 3.80. The normalized spacial score (nSPS) is 12.2. The van der Waals surface area contributed by atoms with Gasteiger partial charge in [-0.1, -0.05) is 36.4 Å². The SMILES string of the molecule is Cc1[nH]nc2ccc(-c3cc(NC(CO)c4ccccc4)cnc3-c3cn[nH]c3)cc12. The van der Waals surface area contributed by atoms with Crippen LogP contribution in [0.25, 0.3) is 33.3 Å². The smallest absolute Gasteiger partial charge is 0.0924 e. The van der Waals surface area contributed by atoms with Crippen molar-refractivity contribution in [1.82, 2.24) is 25.4 Å². The lowest BCUT2D eigenvalue weighted by atomic mass is 9.98. The zero-order chi connectivity index (χ0) is 21.2. The molecule has 0 radical (unpaired) electrons. The van der Waals surface area contributed by atoms with Crippen molar-refractivity contribution in [3.8, 4) is 22.4 Å². The molecule has 3 aromatic heterocycles. The predicted octanol–water partition coefficient (Wildman–Crippen LogP) is 4.47. The molecular formula is C24H22N6O. The van der Waals surface area contributed by atoms with Crippen LogP contribution in [0.15, 0.2) is 73.2 Å². The van der Waals surface area contributed by atoms with Crippen LogP contribution in [0.4, 0.5) is 5.69 Å². The zero-order valence-electron chi connectivity index (χ0n) is 17.0. The van der Waals surface area contributed by atoms with Gasteiger partial charge in [-0.25, -0.2) is 0 Å². The molecule has 2 aromatic carbocycles. The summed E-state index contributed by atoms with van der Waals surface area (Å²) in [6.07, 6.45) is 5.39. The van der Waals surface area contributed by atoms with Gasteiger partial charge in [-0.05, 0) is 36.2 Å². The van der Waals surface area contributed by atoms with Crippen LogP contribution >= 0.6 is 0 Å². The van der Waals surface area contributed by atoms with Gasteiger partial charge in [0.2, 0.25) is 0 Å². The van der Waals surface area contributed by atoms with Crippen LogP contribution in [0.5, 0.6) is 0 Å². The van der Waals surface area contributed by atoms with Gasteiger partial charge < -0.3 is 10.4 Å². The van der Waals surface area contributed by atoms with Crippen LogP contribution in [0.2, 0.25) is 0 Å². The highest BCUT2D eigenvalue weighted by molar-refractivity contribution is 5.90. The number of nitrogens with one attached hydrogen (secondary N) is 3. The van der Waals surface area contributed by atoms with Gasteiger partial charge in [-0.15, -0.1) is 0 Å². The largest absolute Gasteiger partial charge is 0.394 e. The lowest BCUT2D eigenvalue weighted by molar-refractivity contribution is 0.276. The maximum absolute atomic E-state index is 9.95. The molecule has 0 saturated carbocycles. The Hall–Kier alpha value is -3.97. The molecular weight excluding hydrogens is 388 g/mol. The molecule has 0 aliphatic rings. The third kappa shape index (κ3) is 3.67. The molecule has 0 amide bonds. The number of hydrogen-bond donors (Lipinski definition) is 4. The van der Waals surface area contributed by atoms with E-state index < -0.39 is 0 Å². The average molecular weight is 410 g/mol. The van der Waals surface area contributed by atoms with Crippen LogP contribution in [-0.4, -0.2) is 37.1 Å². The number of fused-ring (bicyclic) bond motifs is 1. The minimum atomic E-state index is -0.228. The van der Waals surface area contributed by atoms with E-state index in [9.17, 15) is 5.11 Å². The predicted molar refractivity (Wildman–Crippen MR) is 122 cm³/mol. The standard InChI is InChI=1S/C24H22N6O/c1-15-20-9-17(7-8-22(20)30-29-15)21-10-19(13-25-24(21)18-11-26-27-12-18)28-23(14-31)16-5-3-2-4-6-16/h2-13,23,28,31H,14H2,1H3,(H,26,27)(H,29,30). The van der Waals surface area contributed by atoms with E-state index in [1.165, 1.54) is 0 Å². The highest BCUT2D eigenvalue weighted by Crippen LogP contribution is 2.34. The minimum Gasteiger partial charge on any atom is -0.394 e. The Morgan fingerprint density at radius 1 is 1.03 bits per heavy atom. The molecule has 0 spiro atoms. The molecule has 0 bridgehead atoms. The van der Waals surface area contributed by atoms with Crippen molar-refractivity contribution in [3.05, 3.63) is 84.4 Å². The first-order valence-electron chi connectivity index (χ1n) is 10.1. The van der Waals surface area contributed by atoms with E-state index >= 15 is 0 Å². The number of nitrogens with zero attached hydrogens (tertiary/aromatic N) is 3. The van der Waals surface area contributed by atoms with Crippen LogP contribution in [0.3, 0.4) is 0 Å². The number of H-pyrrole nitrogens is 2. The first kappa shape index (κ1) is 19.0. The van der Waals surface area contributed by atoms with Crippen LogP contribution in [-0.2, 0) is 0 Å². The van der Waals surface area contributed by atoms with Crippen molar-refractivity contribution in [2.45, 2.75) is 13.0 Å². The molecule has 154 valence electrons. The number of aliphatic hydroxyl groups excluding tert-OH is 1. The van der Waals surface area contributed by atoms with Gasteiger partial charge in [0.1, 0.15) is 0 Å². The summed E-state index contributed by atoms with van der Waals surface area (Å²) in [7, 11) is 0. The number of hydrogen-bond acceptors (Lipinski definition) is 5. The second-order valence-corrected chi connectivity index (χ2v) is 7.48. The maximum Gasteiger partial charge on any atom is 0.0924 e. The van der Waals surface area contributed by atoms with Gasteiger partial charge in [0.15, 0.2) is 0 Å². The maximum atomic E-state index is 9.95. The number of benzene rings is 2. The summed E-state index contributed by atoms with van der Waals surface area (Å²) in [6, 6.07) is 17.9. The molecule has 5 aromatic rings. The fourth-order valence-electron chi connectivity index (χ4n) is 3.80. The monoisotopic (exact) mass is 410 g/mol. The molecule has 1 unspecified atom stereocenters. The average Bonchev–Trinajstić information content (AvgIpc) is 3.48. The zero-order valence-corrected chi connectivity index (χ0v) is 17.0. The van der Waals surface area contributed by atoms with Crippen molar-refractivity contribution in [3.63, 3.8) is 0 Å². The number of rotatable bonds is 6. The van der Waals surface area contributed by atoms with Crippen molar-refractivity contribution in [1.29, 1.82) is 0 Å². The quantitative estimate of drug-likeness (QED) is 0.331. The third-order valence-electron chi connectivity index (χ3n) is 5.44. The molecule has 0 aliphatic heterocycles. The first-order valence-corrected chi connectivity index (χ1v) is 10.1. The highest BCUT2D eigenvalue weighted by Gasteiger charge is 2.15. The van der Waals surface area contributed by atoms with Crippen LogP contribution in [0.1, 0.15) is 17.3 Å². The van der Waals surface area contributed by atoms with Crippen LogP contribution in [0, 0.1) is 6.92 Å². The Morgan fingerprint density at radius 3 is 2.68 bits per heavy atom. The van der Waals surface area contributed by atoms with Gasteiger partial charge in [-0.2, -0.15) is 10.2 Å². The van der Waals surface area contributed by atoms with Gasteiger partial charge in [0, 0.05) is 28.4 Å². The van der Waals surface area contributed by atoms with Crippen molar-refractivity contribution in [2.24, 2.45) is 0 Å². The number of aromatic amines is 2. The van der Waals surface area contributed by atoms with Crippen molar-refractivity contribution in [2.75, 3.05) is 11.9 Å². The molecule has 1 atom stereocenters.